The van der Waals surface area contributed by atoms with E-state index in [-0.39, 0.29) is 25.1 Å². The lowest BCUT2D eigenvalue weighted by Crippen LogP contribution is -2.10. The average molecular weight is 473 g/mol. The number of carbonyl (C=O) groups is 1. The van der Waals surface area contributed by atoms with Crippen molar-refractivity contribution in [3.8, 4) is 0 Å². The minimum Gasteiger partial charge on any atom is -0.461 e. The third kappa shape index (κ3) is 9.97. The Hall–Kier alpha value is -0.840. The first-order valence-electron chi connectivity index (χ1n) is 12.9. The van der Waals surface area contributed by atoms with Gasteiger partial charge in [-0.1, -0.05) is 91.4 Å². The zero-order valence-corrected chi connectivity index (χ0v) is 21.5. The van der Waals surface area contributed by atoms with E-state index < -0.39 is 7.82 Å². The first kappa shape index (κ1) is 27.4. The van der Waals surface area contributed by atoms with E-state index in [1.54, 1.807) is 0 Å². The third-order valence-electron chi connectivity index (χ3n) is 6.20. The van der Waals surface area contributed by atoms with Crippen LogP contribution in [0.1, 0.15) is 111 Å². The number of unbranched alkanes of at least 4 members (excludes halogenated alkanes) is 11. The molecule has 32 heavy (non-hydrogen) atoms. The average Bonchev–Trinajstić information content (AvgIpc) is 3.06. The fraction of sp³-hybridized carbons (Fsp3) is 0.880. The summed E-state index contributed by atoms with van der Waals surface area (Å²) in [6.07, 6.45) is 16.5. The Bertz CT molecular complexity index is 630. The van der Waals surface area contributed by atoms with Gasteiger partial charge in [0.05, 0.1) is 24.7 Å². The number of allylic oxidation sites excluding steroid dienone is 1. The summed E-state index contributed by atoms with van der Waals surface area (Å²) >= 11 is 0. The lowest BCUT2D eigenvalue weighted by Gasteiger charge is -2.19. The maximum absolute atomic E-state index is 13.1. The quantitative estimate of drug-likeness (QED) is 0.123. The van der Waals surface area contributed by atoms with Crippen molar-refractivity contribution >= 4 is 13.8 Å². The maximum atomic E-state index is 13.1. The number of phosphoric ester groups is 1. The molecule has 2 heterocycles. The van der Waals surface area contributed by atoms with Crippen LogP contribution in [0.5, 0.6) is 0 Å². The Morgan fingerprint density at radius 3 is 2.12 bits per heavy atom. The largest absolute Gasteiger partial charge is 0.529 e. The molecule has 0 aromatic rings. The number of carbonyl (C=O) groups excluding carboxylic acids is 1. The highest BCUT2D eigenvalue weighted by molar-refractivity contribution is 7.48. The van der Waals surface area contributed by atoms with Crippen molar-refractivity contribution in [3.05, 3.63) is 11.3 Å². The molecule has 0 spiro atoms. The van der Waals surface area contributed by atoms with Crippen LogP contribution in [0.25, 0.3) is 0 Å². The van der Waals surface area contributed by atoms with Crippen LogP contribution in [0.15, 0.2) is 11.3 Å². The highest BCUT2D eigenvalue weighted by atomic mass is 31.2. The Morgan fingerprint density at radius 2 is 1.53 bits per heavy atom. The number of hydrogen-bond acceptors (Lipinski definition) is 6. The van der Waals surface area contributed by atoms with Crippen molar-refractivity contribution in [3.63, 3.8) is 0 Å². The van der Waals surface area contributed by atoms with Crippen LogP contribution in [0.4, 0.5) is 0 Å². The summed E-state index contributed by atoms with van der Waals surface area (Å²) < 4.78 is 35.1. The summed E-state index contributed by atoms with van der Waals surface area (Å²) in [5.41, 5.74) is 0.484. The van der Waals surface area contributed by atoms with Gasteiger partial charge in [0, 0.05) is 6.42 Å². The first-order valence-corrected chi connectivity index (χ1v) is 14.4. The maximum Gasteiger partial charge on any atom is 0.529 e. The van der Waals surface area contributed by atoms with E-state index in [0.29, 0.717) is 30.3 Å². The zero-order valence-electron chi connectivity index (χ0n) is 20.6. The van der Waals surface area contributed by atoms with Crippen LogP contribution in [0, 0.1) is 11.8 Å². The molecule has 2 aliphatic rings. The fourth-order valence-electron chi connectivity index (χ4n) is 4.15. The molecule has 0 aromatic carbocycles. The summed E-state index contributed by atoms with van der Waals surface area (Å²) in [6.45, 7) is 7.18. The van der Waals surface area contributed by atoms with Crippen molar-refractivity contribution in [2.75, 3.05) is 19.8 Å². The molecule has 0 saturated carbocycles. The molecule has 2 aliphatic heterocycles. The van der Waals surface area contributed by atoms with Gasteiger partial charge < -0.3 is 9.26 Å². The Kier molecular flexibility index (Phi) is 13.0. The van der Waals surface area contributed by atoms with Crippen molar-refractivity contribution in [2.45, 2.75) is 111 Å². The predicted molar refractivity (Wildman–Crippen MR) is 127 cm³/mol. The molecule has 0 radical (unpaired) electrons. The molecular weight excluding hydrogens is 427 g/mol. The normalized spacial score (nSPS) is 23.2. The van der Waals surface area contributed by atoms with Crippen molar-refractivity contribution < 1.29 is 27.7 Å². The summed E-state index contributed by atoms with van der Waals surface area (Å²) in [6, 6.07) is 0. The Morgan fingerprint density at radius 1 is 0.938 bits per heavy atom. The van der Waals surface area contributed by atoms with Gasteiger partial charge >= 0.3 is 13.8 Å². The van der Waals surface area contributed by atoms with Gasteiger partial charge in [0.15, 0.2) is 0 Å². The van der Waals surface area contributed by atoms with Gasteiger partial charge in [-0.15, -0.1) is 0 Å². The number of rotatable bonds is 17. The SMILES string of the molecule is CCCCCCCCCCCCCCO[P@]1(=O)OC[C@@H]2COC(=O)C2=C(CCC(C)C)O1. The second-order valence-corrected chi connectivity index (χ2v) is 11.2. The highest BCUT2D eigenvalue weighted by Crippen LogP contribution is 2.55. The lowest BCUT2D eigenvalue weighted by atomic mass is 9.98. The summed E-state index contributed by atoms with van der Waals surface area (Å²) in [4.78, 5) is 12.2. The standard InChI is InChI=1S/C25H45O6P/c1-4-5-6-7-8-9-10-11-12-13-14-15-18-29-32(27)30-20-22-19-28-25(26)24(22)23(31-32)17-16-21(2)3/h21-22H,4-20H2,1-3H3/t22-,32+/m0/s1. The van der Waals surface area contributed by atoms with Gasteiger partial charge in [0.25, 0.3) is 0 Å². The summed E-state index contributed by atoms with van der Waals surface area (Å²) in [5, 5.41) is 0. The summed E-state index contributed by atoms with van der Waals surface area (Å²) in [7, 11) is -3.70. The lowest BCUT2D eigenvalue weighted by molar-refractivity contribution is -0.135. The van der Waals surface area contributed by atoms with Gasteiger partial charge in [-0.25, -0.2) is 9.36 Å². The van der Waals surface area contributed by atoms with Gasteiger partial charge in [-0.05, 0) is 18.8 Å². The van der Waals surface area contributed by atoms with Gasteiger partial charge in [0.1, 0.15) is 12.4 Å². The van der Waals surface area contributed by atoms with Gasteiger partial charge in [0.2, 0.25) is 0 Å². The molecule has 0 aromatic heterocycles. The van der Waals surface area contributed by atoms with Crippen molar-refractivity contribution in [1.29, 1.82) is 0 Å². The molecule has 0 aliphatic carbocycles. The topological polar surface area (TPSA) is 71.1 Å². The molecule has 2 rings (SSSR count). The monoisotopic (exact) mass is 472 g/mol. The first-order chi connectivity index (χ1) is 15.4. The third-order valence-corrected chi connectivity index (χ3v) is 7.60. The highest BCUT2D eigenvalue weighted by Gasteiger charge is 2.43. The molecule has 7 heteroatoms. The second-order valence-electron chi connectivity index (χ2n) is 9.62. The number of phosphoric acid groups is 1. The number of hydrogen-bond donors (Lipinski definition) is 0. The number of fused-ring (bicyclic) bond motifs is 1. The van der Waals surface area contributed by atoms with E-state index in [2.05, 4.69) is 20.8 Å². The van der Waals surface area contributed by atoms with E-state index in [4.69, 9.17) is 18.3 Å². The Balaban J connectivity index is 1.64. The van der Waals surface area contributed by atoms with Crippen LogP contribution in [-0.4, -0.2) is 25.8 Å². The van der Waals surface area contributed by atoms with E-state index in [9.17, 15) is 9.36 Å². The van der Waals surface area contributed by atoms with Crippen LogP contribution in [-0.2, 0) is 27.7 Å². The van der Waals surface area contributed by atoms with Crippen LogP contribution in [0.2, 0.25) is 0 Å². The smallest absolute Gasteiger partial charge is 0.461 e. The van der Waals surface area contributed by atoms with Crippen molar-refractivity contribution in [2.24, 2.45) is 11.8 Å². The predicted octanol–water partition coefficient (Wildman–Crippen LogP) is 7.72. The van der Waals surface area contributed by atoms with E-state index in [1.165, 1.54) is 64.2 Å². The number of cyclic esters (lactones) is 1. The van der Waals surface area contributed by atoms with Crippen LogP contribution < -0.4 is 0 Å². The second kappa shape index (κ2) is 15.1. The fourth-order valence-corrected chi connectivity index (χ4v) is 5.51. The molecule has 0 N–H and O–H groups in total. The van der Waals surface area contributed by atoms with Crippen molar-refractivity contribution in [1.82, 2.24) is 0 Å². The molecule has 1 fully saturated rings. The molecular formula is C25H45O6P. The van der Waals surface area contributed by atoms with Gasteiger partial charge in [-0.2, -0.15) is 0 Å². The number of esters is 1. The van der Waals surface area contributed by atoms with Gasteiger partial charge in [-0.3, -0.25) is 9.05 Å². The minimum absolute atomic E-state index is 0.127. The number of ether oxygens (including phenoxy) is 1. The molecule has 2 atom stereocenters. The molecule has 186 valence electrons. The molecule has 0 unspecified atom stereocenters. The molecule has 0 bridgehead atoms. The van der Waals surface area contributed by atoms with E-state index in [0.717, 1.165) is 19.3 Å². The van der Waals surface area contributed by atoms with E-state index >= 15 is 0 Å². The van der Waals surface area contributed by atoms with Crippen LogP contribution in [0.3, 0.4) is 0 Å². The van der Waals surface area contributed by atoms with Crippen LogP contribution >= 0.6 is 7.82 Å². The Labute approximate surface area is 195 Å². The molecule has 6 nitrogen and oxygen atoms in total. The minimum atomic E-state index is -3.70. The molecule has 1 saturated heterocycles. The summed E-state index contributed by atoms with van der Waals surface area (Å²) in [5.74, 6) is 0.261. The molecule has 0 amide bonds. The van der Waals surface area contributed by atoms with E-state index in [1.807, 2.05) is 0 Å². The zero-order chi connectivity index (χ0) is 23.2.